The Morgan fingerprint density at radius 3 is 2.73 bits per heavy atom. The lowest BCUT2D eigenvalue weighted by molar-refractivity contribution is 0.294. The van der Waals surface area contributed by atoms with Crippen LogP contribution < -0.4 is 4.90 Å². The summed E-state index contributed by atoms with van der Waals surface area (Å²) in [7, 11) is 4.33. The van der Waals surface area contributed by atoms with E-state index in [1.807, 2.05) is 0 Å². The van der Waals surface area contributed by atoms with Crippen molar-refractivity contribution in [1.82, 2.24) is 4.90 Å². The molecule has 0 saturated heterocycles. The third-order valence-electron chi connectivity index (χ3n) is 3.81. The summed E-state index contributed by atoms with van der Waals surface area (Å²) in [6.45, 7) is 2.32. The van der Waals surface area contributed by atoms with Crippen LogP contribution >= 0.6 is 0 Å². The van der Waals surface area contributed by atoms with Crippen molar-refractivity contribution in [3.8, 4) is 0 Å². The van der Waals surface area contributed by atoms with E-state index in [9.17, 15) is 0 Å². The molecule has 0 aromatic heterocycles. The fourth-order valence-electron chi connectivity index (χ4n) is 3.14. The molecule has 1 aromatic carbocycles. The van der Waals surface area contributed by atoms with Gasteiger partial charge < -0.3 is 9.80 Å². The lowest BCUT2D eigenvalue weighted by Crippen LogP contribution is -2.45. The highest BCUT2D eigenvalue weighted by Gasteiger charge is 2.48. The molecule has 0 radical (unpaired) electrons. The summed E-state index contributed by atoms with van der Waals surface area (Å²) < 4.78 is 0. The predicted molar refractivity (Wildman–Crippen MR) is 62.9 cm³/mol. The van der Waals surface area contributed by atoms with E-state index in [1.54, 1.807) is 0 Å². The maximum atomic E-state index is 2.37. The molecule has 2 unspecified atom stereocenters. The van der Waals surface area contributed by atoms with Gasteiger partial charge in [-0.2, -0.15) is 0 Å². The fourth-order valence-corrected chi connectivity index (χ4v) is 3.14. The van der Waals surface area contributed by atoms with Crippen LogP contribution in [0.25, 0.3) is 0 Å². The zero-order chi connectivity index (χ0) is 10.6. The molecule has 2 aliphatic rings. The quantitative estimate of drug-likeness (QED) is 0.633. The Hall–Kier alpha value is -1.44. The monoisotopic (exact) mass is 200 g/mol. The number of fused-ring (bicyclic) bond motifs is 3. The van der Waals surface area contributed by atoms with Crippen molar-refractivity contribution in [2.45, 2.75) is 18.5 Å². The molecule has 2 heterocycles. The number of likely N-dealkylation sites (N-methyl/N-ethyl adjacent to an activating group) is 2. The number of benzene rings is 1. The third kappa shape index (κ3) is 0.895. The summed E-state index contributed by atoms with van der Waals surface area (Å²) in [6.07, 6.45) is 4.95. The van der Waals surface area contributed by atoms with Crippen LogP contribution in [0.5, 0.6) is 0 Å². The molecule has 2 heteroatoms. The molecule has 1 aromatic rings. The van der Waals surface area contributed by atoms with Gasteiger partial charge in [-0.3, -0.25) is 0 Å². The summed E-state index contributed by atoms with van der Waals surface area (Å²) in [4.78, 5) is 4.66. The first-order chi connectivity index (χ1) is 7.14. The van der Waals surface area contributed by atoms with E-state index in [0.29, 0.717) is 6.17 Å². The number of rotatable bonds is 0. The molecule has 2 nitrogen and oxygen atoms in total. The molecule has 2 atom stereocenters. The van der Waals surface area contributed by atoms with Gasteiger partial charge >= 0.3 is 0 Å². The summed E-state index contributed by atoms with van der Waals surface area (Å²) in [5.41, 5.74) is 2.96. The SMILES string of the molecule is CN1C=CC2(C)c3ccccc3N(C)C12. The van der Waals surface area contributed by atoms with E-state index in [1.165, 1.54) is 11.3 Å². The zero-order valence-electron chi connectivity index (χ0n) is 9.44. The van der Waals surface area contributed by atoms with Crippen LogP contribution in [0, 0.1) is 0 Å². The minimum atomic E-state index is 0.153. The molecule has 0 bridgehead atoms. The van der Waals surface area contributed by atoms with Gasteiger partial charge in [0.25, 0.3) is 0 Å². The summed E-state index contributed by atoms with van der Waals surface area (Å²) in [6, 6.07) is 8.70. The molecule has 0 aliphatic carbocycles. The highest BCUT2D eigenvalue weighted by atomic mass is 15.4. The van der Waals surface area contributed by atoms with Crippen LogP contribution in [0.15, 0.2) is 36.5 Å². The van der Waals surface area contributed by atoms with E-state index < -0.39 is 0 Å². The Bertz CT molecular complexity index is 438. The first-order valence-corrected chi connectivity index (χ1v) is 5.38. The largest absolute Gasteiger partial charge is 0.360 e. The van der Waals surface area contributed by atoms with E-state index in [-0.39, 0.29) is 5.41 Å². The molecule has 0 N–H and O–H groups in total. The standard InChI is InChI=1S/C13H16N2/c1-13-8-9-14(2)12(13)15(3)11-7-5-4-6-10(11)13/h4-9,12H,1-3H3. The van der Waals surface area contributed by atoms with Crippen molar-refractivity contribution in [3.05, 3.63) is 42.1 Å². The first kappa shape index (κ1) is 8.84. The number of hydrogen-bond donors (Lipinski definition) is 0. The Kier molecular flexibility index (Phi) is 1.51. The molecule has 15 heavy (non-hydrogen) atoms. The molecule has 0 saturated carbocycles. The Morgan fingerprint density at radius 2 is 1.93 bits per heavy atom. The molecule has 78 valence electrons. The number of anilines is 1. The van der Waals surface area contributed by atoms with Crippen LogP contribution in [0.4, 0.5) is 5.69 Å². The maximum Gasteiger partial charge on any atom is 0.114 e. The van der Waals surface area contributed by atoms with E-state index >= 15 is 0 Å². The number of para-hydroxylation sites is 1. The first-order valence-electron chi connectivity index (χ1n) is 5.38. The zero-order valence-corrected chi connectivity index (χ0v) is 9.44. The van der Waals surface area contributed by atoms with Gasteiger partial charge in [-0.15, -0.1) is 0 Å². The van der Waals surface area contributed by atoms with Crippen LogP contribution in [-0.2, 0) is 5.41 Å². The topological polar surface area (TPSA) is 6.48 Å². The van der Waals surface area contributed by atoms with Crippen molar-refractivity contribution < 1.29 is 0 Å². The van der Waals surface area contributed by atoms with Crippen LogP contribution in [0.2, 0.25) is 0 Å². The van der Waals surface area contributed by atoms with Gasteiger partial charge in [0.2, 0.25) is 0 Å². The summed E-state index contributed by atoms with van der Waals surface area (Å²) in [5, 5.41) is 0. The lowest BCUT2D eigenvalue weighted by Gasteiger charge is -2.33. The normalized spacial score (nSPS) is 32.1. The second kappa shape index (κ2) is 2.57. The third-order valence-corrected chi connectivity index (χ3v) is 3.81. The highest BCUT2D eigenvalue weighted by molar-refractivity contribution is 5.66. The minimum Gasteiger partial charge on any atom is -0.360 e. The average molecular weight is 200 g/mol. The summed E-state index contributed by atoms with van der Waals surface area (Å²) in [5.74, 6) is 0. The smallest absolute Gasteiger partial charge is 0.114 e. The van der Waals surface area contributed by atoms with Crippen LogP contribution in [0.1, 0.15) is 12.5 Å². The molecule has 0 amide bonds. The van der Waals surface area contributed by atoms with Crippen molar-refractivity contribution in [3.63, 3.8) is 0 Å². The van der Waals surface area contributed by atoms with Crippen molar-refractivity contribution in [1.29, 1.82) is 0 Å². The number of hydrogen-bond acceptors (Lipinski definition) is 2. The van der Waals surface area contributed by atoms with Gasteiger partial charge in [0.05, 0.1) is 5.41 Å². The van der Waals surface area contributed by atoms with Gasteiger partial charge in [0, 0.05) is 19.8 Å². The van der Waals surface area contributed by atoms with Crippen molar-refractivity contribution in [2.24, 2.45) is 0 Å². The second-order valence-electron chi connectivity index (χ2n) is 4.77. The molecular formula is C13H16N2. The predicted octanol–water partition coefficient (Wildman–Crippen LogP) is 2.18. The molecular weight excluding hydrogens is 184 g/mol. The molecule has 3 rings (SSSR count). The highest BCUT2D eigenvalue weighted by Crippen LogP contribution is 2.48. The Labute approximate surface area is 90.8 Å². The van der Waals surface area contributed by atoms with Crippen molar-refractivity contribution >= 4 is 5.69 Å². The van der Waals surface area contributed by atoms with Gasteiger partial charge in [-0.25, -0.2) is 0 Å². The average Bonchev–Trinajstić information content (AvgIpc) is 2.65. The van der Waals surface area contributed by atoms with Crippen molar-refractivity contribution in [2.75, 3.05) is 19.0 Å². The molecule has 0 fully saturated rings. The van der Waals surface area contributed by atoms with Crippen LogP contribution in [-0.4, -0.2) is 25.2 Å². The maximum absolute atomic E-state index is 2.37. The molecule has 0 spiro atoms. The van der Waals surface area contributed by atoms with Gasteiger partial charge in [-0.05, 0) is 24.8 Å². The van der Waals surface area contributed by atoms with E-state index in [0.717, 1.165) is 0 Å². The van der Waals surface area contributed by atoms with Gasteiger partial charge in [0.15, 0.2) is 0 Å². The fraction of sp³-hybridized carbons (Fsp3) is 0.385. The number of nitrogens with zero attached hydrogens (tertiary/aromatic N) is 2. The van der Waals surface area contributed by atoms with E-state index in [4.69, 9.17) is 0 Å². The van der Waals surface area contributed by atoms with Gasteiger partial charge in [-0.1, -0.05) is 24.3 Å². The lowest BCUT2D eigenvalue weighted by atomic mass is 9.83. The van der Waals surface area contributed by atoms with E-state index in [2.05, 4.69) is 67.4 Å². The minimum absolute atomic E-state index is 0.153. The summed E-state index contributed by atoms with van der Waals surface area (Å²) >= 11 is 0. The second-order valence-corrected chi connectivity index (χ2v) is 4.77. The Morgan fingerprint density at radius 1 is 1.20 bits per heavy atom. The van der Waals surface area contributed by atoms with Crippen LogP contribution in [0.3, 0.4) is 0 Å². The Balaban J connectivity index is 2.23. The van der Waals surface area contributed by atoms with Gasteiger partial charge in [0.1, 0.15) is 6.17 Å². The molecule has 2 aliphatic heterocycles.